The molecule has 0 N–H and O–H groups in total. The van der Waals surface area contributed by atoms with Gasteiger partial charge in [0.1, 0.15) is 12.0 Å². The van der Waals surface area contributed by atoms with Crippen molar-refractivity contribution in [1.82, 2.24) is 0 Å². The molecule has 2 aromatic carbocycles. The van der Waals surface area contributed by atoms with Gasteiger partial charge in [-0.25, -0.2) is 4.79 Å². The monoisotopic (exact) mass is 430 g/mol. The maximum absolute atomic E-state index is 11.7. The van der Waals surface area contributed by atoms with Gasteiger partial charge >= 0.3 is 5.97 Å². The molecule has 0 saturated carbocycles. The molecule has 0 unspecified atom stereocenters. The van der Waals surface area contributed by atoms with Gasteiger partial charge in [0.25, 0.3) is 0 Å². The van der Waals surface area contributed by atoms with E-state index in [1.54, 1.807) is 37.5 Å². The van der Waals surface area contributed by atoms with Crippen molar-refractivity contribution in [2.45, 2.75) is 13.1 Å². The van der Waals surface area contributed by atoms with Crippen LogP contribution in [-0.4, -0.2) is 27.6 Å². The molecule has 1 radical (unpaired) electrons. The van der Waals surface area contributed by atoms with Crippen molar-refractivity contribution in [1.29, 1.82) is 0 Å². The predicted octanol–water partition coefficient (Wildman–Crippen LogP) is 3.87. The Kier molecular flexibility index (Phi) is 9.28. The van der Waals surface area contributed by atoms with Gasteiger partial charge in [-0.15, -0.1) is 12.1 Å². The molecule has 6 heteroatoms. The Hall–Kier alpha value is -1.27. The van der Waals surface area contributed by atoms with Crippen LogP contribution >= 0.6 is 0 Å². The van der Waals surface area contributed by atoms with Crippen molar-refractivity contribution >= 4 is 20.4 Å². The molecular formula is C19H21O4SiY-. The summed E-state index contributed by atoms with van der Waals surface area (Å²) in [5.41, 5.74) is 0.893. The van der Waals surface area contributed by atoms with Gasteiger partial charge in [0, 0.05) is 51.6 Å². The van der Waals surface area contributed by atoms with Crippen LogP contribution in [0.4, 0.5) is 0 Å². The van der Waals surface area contributed by atoms with Gasteiger partial charge in [-0.3, -0.25) is 0 Å². The van der Waals surface area contributed by atoms with Crippen molar-refractivity contribution in [3.63, 3.8) is 0 Å². The first-order chi connectivity index (χ1) is 11.5. The van der Waals surface area contributed by atoms with Gasteiger partial charge < -0.3 is 13.9 Å². The Balaban J connectivity index is 0.00000312. The molecule has 0 saturated heterocycles. The van der Waals surface area contributed by atoms with Crippen LogP contribution in [0.25, 0.3) is 6.08 Å². The largest absolute Gasteiger partial charge is 0.494 e. The standard InChI is InChI=1S/C19H21O4Si.Y/c1-21-24(2,3)15-22-17-12-9-16(10-13-17)11-14-19(20)23-18-7-5-4-6-8-18;/h5-14H,15H2,1-3H3;/q-1;/b14-11-;. The molecule has 129 valence electrons. The van der Waals surface area contributed by atoms with Crippen LogP contribution in [0.5, 0.6) is 11.5 Å². The summed E-state index contributed by atoms with van der Waals surface area (Å²) in [6.07, 6.45) is 3.70. The second kappa shape index (κ2) is 10.7. The van der Waals surface area contributed by atoms with Gasteiger partial charge in [-0.2, -0.15) is 18.2 Å². The summed E-state index contributed by atoms with van der Waals surface area (Å²) in [7, 11) is -0.0221. The Labute approximate surface area is 175 Å². The maximum atomic E-state index is 11.7. The number of hydrogen-bond donors (Lipinski definition) is 0. The molecule has 0 aromatic heterocycles. The molecule has 25 heavy (non-hydrogen) atoms. The normalized spacial score (nSPS) is 11.0. The number of ether oxygens (including phenoxy) is 2. The fraction of sp³-hybridized carbons (Fsp3) is 0.211. The van der Waals surface area contributed by atoms with Crippen molar-refractivity contribution in [2.24, 2.45) is 0 Å². The minimum absolute atomic E-state index is 0. The van der Waals surface area contributed by atoms with Crippen LogP contribution in [-0.2, 0) is 41.9 Å². The molecule has 0 aliphatic heterocycles. The Morgan fingerprint density at radius 3 is 2.32 bits per heavy atom. The molecule has 0 heterocycles. The summed E-state index contributed by atoms with van der Waals surface area (Å²) in [6.45, 7) is 4.20. The van der Waals surface area contributed by atoms with Gasteiger partial charge in [0.05, 0.1) is 0 Å². The van der Waals surface area contributed by atoms with Crippen LogP contribution < -0.4 is 9.47 Å². The van der Waals surface area contributed by atoms with E-state index in [0.29, 0.717) is 12.0 Å². The van der Waals surface area contributed by atoms with Crippen LogP contribution in [0.15, 0.2) is 54.6 Å². The van der Waals surface area contributed by atoms with E-state index in [4.69, 9.17) is 13.9 Å². The topological polar surface area (TPSA) is 44.8 Å². The van der Waals surface area contributed by atoms with Crippen LogP contribution in [0.3, 0.4) is 0 Å². The first-order valence-corrected chi connectivity index (χ1v) is 10.7. The van der Waals surface area contributed by atoms with E-state index >= 15 is 0 Å². The molecule has 0 fully saturated rings. The van der Waals surface area contributed by atoms with Crippen LogP contribution in [0, 0.1) is 6.07 Å². The number of carbonyl (C=O) groups is 1. The van der Waals surface area contributed by atoms with Crippen LogP contribution in [0.2, 0.25) is 13.1 Å². The molecule has 0 amide bonds. The predicted molar refractivity (Wildman–Crippen MR) is 96.4 cm³/mol. The number of esters is 1. The fourth-order valence-electron chi connectivity index (χ4n) is 1.75. The summed E-state index contributed by atoms with van der Waals surface area (Å²) in [6, 6.07) is 17.1. The summed E-state index contributed by atoms with van der Waals surface area (Å²) < 4.78 is 16.4. The summed E-state index contributed by atoms with van der Waals surface area (Å²) in [4.78, 5) is 11.7. The van der Waals surface area contributed by atoms with Crippen molar-refractivity contribution in [3.8, 4) is 11.5 Å². The van der Waals surface area contributed by atoms with Crippen molar-refractivity contribution < 1.29 is 51.4 Å². The third kappa shape index (κ3) is 8.10. The second-order valence-corrected chi connectivity index (χ2v) is 10.0. The first-order valence-electron chi connectivity index (χ1n) is 7.62. The SMILES string of the molecule is CO[Si](C)(C)COc1ccc(/C=C\C(=O)Oc2cc[c-]cc2)cc1.[Y]. The van der Waals surface area contributed by atoms with Crippen molar-refractivity contribution in [2.75, 3.05) is 13.3 Å². The van der Waals surface area contributed by atoms with E-state index in [1.807, 2.05) is 24.3 Å². The van der Waals surface area contributed by atoms with E-state index in [2.05, 4.69) is 19.2 Å². The molecule has 4 nitrogen and oxygen atoms in total. The molecule has 0 atom stereocenters. The average Bonchev–Trinajstić information content (AvgIpc) is 2.60. The minimum atomic E-state index is -1.74. The van der Waals surface area contributed by atoms with E-state index < -0.39 is 14.3 Å². The Bertz CT molecular complexity index is 684. The number of rotatable bonds is 7. The fourth-order valence-corrected chi connectivity index (χ4v) is 2.38. The molecular weight excluding hydrogens is 409 g/mol. The summed E-state index contributed by atoms with van der Waals surface area (Å²) in [5, 5.41) is 0. The van der Waals surface area contributed by atoms with Gasteiger partial charge in [-0.1, -0.05) is 12.1 Å². The van der Waals surface area contributed by atoms with E-state index in [9.17, 15) is 4.79 Å². The van der Waals surface area contributed by atoms with Crippen LogP contribution in [0.1, 0.15) is 5.56 Å². The van der Waals surface area contributed by atoms with E-state index in [-0.39, 0.29) is 32.7 Å². The van der Waals surface area contributed by atoms with Gasteiger partial charge in [0.2, 0.25) is 8.32 Å². The summed E-state index contributed by atoms with van der Waals surface area (Å²) >= 11 is 0. The molecule has 0 bridgehead atoms. The minimum Gasteiger partial charge on any atom is -0.494 e. The zero-order valence-electron chi connectivity index (χ0n) is 14.7. The zero-order valence-corrected chi connectivity index (χ0v) is 18.5. The van der Waals surface area contributed by atoms with E-state index in [1.165, 1.54) is 6.08 Å². The maximum Gasteiger partial charge on any atom is 0.334 e. The summed E-state index contributed by atoms with van der Waals surface area (Å²) in [5.74, 6) is 0.860. The Morgan fingerprint density at radius 1 is 1.08 bits per heavy atom. The third-order valence-electron chi connectivity index (χ3n) is 3.34. The smallest absolute Gasteiger partial charge is 0.334 e. The average molecular weight is 430 g/mol. The Morgan fingerprint density at radius 2 is 1.72 bits per heavy atom. The molecule has 2 rings (SSSR count). The molecule has 0 spiro atoms. The number of benzene rings is 2. The zero-order chi connectivity index (χ0) is 17.4. The number of hydrogen-bond acceptors (Lipinski definition) is 4. The first kappa shape index (κ1) is 21.8. The van der Waals surface area contributed by atoms with E-state index in [0.717, 1.165) is 11.3 Å². The molecule has 0 aliphatic carbocycles. The van der Waals surface area contributed by atoms with Gasteiger partial charge in [0.15, 0.2) is 0 Å². The quantitative estimate of drug-likeness (QED) is 0.220. The van der Waals surface area contributed by atoms with Gasteiger partial charge in [-0.05, 0) is 36.9 Å². The van der Waals surface area contributed by atoms with Crippen molar-refractivity contribution in [3.05, 3.63) is 66.2 Å². The molecule has 0 aliphatic rings. The molecule has 2 aromatic rings. The third-order valence-corrected chi connectivity index (χ3v) is 5.28. The number of carbonyl (C=O) groups excluding carboxylic acids is 1. The second-order valence-electron chi connectivity index (χ2n) is 5.81.